The maximum absolute atomic E-state index is 12.6. The number of hydrogen-bond acceptors (Lipinski definition) is 5. The Hall–Kier alpha value is -1.51. The van der Waals surface area contributed by atoms with Crippen LogP contribution in [0.15, 0.2) is 23.1 Å². The van der Waals surface area contributed by atoms with Crippen molar-refractivity contribution in [2.45, 2.75) is 24.3 Å². The first kappa shape index (κ1) is 14.9. The van der Waals surface area contributed by atoms with Crippen molar-refractivity contribution >= 4 is 15.7 Å². The first-order valence-electron chi connectivity index (χ1n) is 6.28. The highest BCUT2D eigenvalue weighted by Crippen LogP contribution is 2.28. The molecule has 110 valence electrons. The molecule has 1 saturated heterocycles. The van der Waals surface area contributed by atoms with Crippen molar-refractivity contribution in [1.29, 1.82) is 0 Å². The molecule has 20 heavy (non-hydrogen) atoms. The van der Waals surface area contributed by atoms with Crippen molar-refractivity contribution < 1.29 is 13.3 Å². The zero-order valence-corrected chi connectivity index (χ0v) is 12.2. The smallest absolute Gasteiger partial charge is 0.273 e. The Balaban J connectivity index is 2.44. The van der Waals surface area contributed by atoms with Gasteiger partial charge in [-0.25, -0.2) is 8.42 Å². The van der Waals surface area contributed by atoms with E-state index in [0.717, 1.165) is 13.0 Å². The molecule has 1 heterocycles. The van der Waals surface area contributed by atoms with Gasteiger partial charge in [0.15, 0.2) is 0 Å². The number of benzene rings is 1. The minimum absolute atomic E-state index is 0.00102. The quantitative estimate of drug-likeness (QED) is 0.658. The molecule has 0 bridgehead atoms. The van der Waals surface area contributed by atoms with Gasteiger partial charge in [-0.2, -0.15) is 4.31 Å². The third kappa shape index (κ3) is 2.54. The summed E-state index contributed by atoms with van der Waals surface area (Å²) in [7, 11) is -2.20. The summed E-state index contributed by atoms with van der Waals surface area (Å²) in [6, 6.07) is 4.01. The molecule has 7 nitrogen and oxygen atoms in total. The summed E-state index contributed by atoms with van der Waals surface area (Å²) in [5, 5.41) is 14.0. The van der Waals surface area contributed by atoms with Crippen LogP contribution < -0.4 is 5.32 Å². The van der Waals surface area contributed by atoms with Crippen LogP contribution in [0.3, 0.4) is 0 Å². The summed E-state index contributed by atoms with van der Waals surface area (Å²) < 4.78 is 26.5. The predicted molar refractivity (Wildman–Crippen MR) is 74.1 cm³/mol. The molecule has 1 aromatic carbocycles. The van der Waals surface area contributed by atoms with Gasteiger partial charge in [-0.1, -0.05) is 6.07 Å². The highest BCUT2D eigenvalue weighted by atomic mass is 32.2. The number of nitro groups is 1. The molecule has 1 aliphatic heterocycles. The average Bonchev–Trinajstić information content (AvgIpc) is 2.91. The van der Waals surface area contributed by atoms with Crippen LogP contribution in [-0.4, -0.2) is 43.8 Å². The fraction of sp³-hybridized carbons (Fsp3) is 0.500. The van der Waals surface area contributed by atoms with Crippen LogP contribution >= 0.6 is 0 Å². The van der Waals surface area contributed by atoms with Crippen LogP contribution in [-0.2, 0) is 10.0 Å². The van der Waals surface area contributed by atoms with E-state index in [1.807, 2.05) is 0 Å². The van der Waals surface area contributed by atoms with Gasteiger partial charge in [-0.3, -0.25) is 10.1 Å². The molecule has 0 saturated carbocycles. The zero-order valence-electron chi connectivity index (χ0n) is 11.4. The molecule has 1 aromatic rings. The number of nitrogens with zero attached hydrogens (tertiary/aromatic N) is 2. The van der Waals surface area contributed by atoms with E-state index in [0.29, 0.717) is 6.54 Å². The summed E-state index contributed by atoms with van der Waals surface area (Å²) in [5.41, 5.74) is -0.000622. The summed E-state index contributed by atoms with van der Waals surface area (Å²) in [6.45, 7) is 2.84. The first-order valence-corrected chi connectivity index (χ1v) is 7.72. The molecule has 2 rings (SSSR count). The van der Waals surface area contributed by atoms with Gasteiger partial charge in [-0.05, 0) is 26.0 Å². The molecule has 1 N–H and O–H groups in total. The van der Waals surface area contributed by atoms with Crippen LogP contribution in [0, 0.1) is 17.0 Å². The summed E-state index contributed by atoms with van der Waals surface area (Å²) in [5.74, 6) is 0. The standard InChI is InChI=1S/C12H17N3O4S/c1-9-11(15(16)17)4-3-5-12(9)20(18,19)14(2)10-6-7-13-8-10/h3-5,10,13H,6-8H2,1-2H3. The highest BCUT2D eigenvalue weighted by molar-refractivity contribution is 7.89. The number of nitro benzene ring substituents is 1. The molecular weight excluding hydrogens is 282 g/mol. The van der Waals surface area contributed by atoms with Gasteiger partial charge in [-0.15, -0.1) is 0 Å². The van der Waals surface area contributed by atoms with Crippen LogP contribution in [0.5, 0.6) is 0 Å². The molecule has 0 aromatic heterocycles. The van der Waals surface area contributed by atoms with E-state index in [4.69, 9.17) is 0 Å². The fourth-order valence-corrected chi connectivity index (χ4v) is 4.01. The number of likely N-dealkylation sites (N-methyl/N-ethyl adjacent to an activating group) is 1. The maximum Gasteiger partial charge on any atom is 0.273 e. The third-order valence-electron chi connectivity index (χ3n) is 3.66. The van der Waals surface area contributed by atoms with Gasteiger partial charge >= 0.3 is 0 Å². The van der Waals surface area contributed by atoms with E-state index >= 15 is 0 Å². The lowest BCUT2D eigenvalue weighted by Gasteiger charge is -2.23. The Morgan fingerprint density at radius 2 is 2.15 bits per heavy atom. The lowest BCUT2D eigenvalue weighted by atomic mass is 10.2. The third-order valence-corrected chi connectivity index (χ3v) is 5.71. The lowest BCUT2D eigenvalue weighted by Crippen LogP contribution is -2.38. The van der Waals surface area contributed by atoms with Crippen LogP contribution in [0.1, 0.15) is 12.0 Å². The Kier molecular flexibility index (Phi) is 4.07. The Morgan fingerprint density at radius 3 is 2.70 bits per heavy atom. The summed E-state index contributed by atoms with van der Waals surface area (Å²) >= 11 is 0. The number of nitrogens with one attached hydrogen (secondary N) is 1. The lowest BCUT2D eigenvalue weighted by molar-refractivity contribution is -0.385. The minimum atomic E-state index is -3.72. The first-order chi connectivity index (χ1) is 9.35. The van der Waals surface area contributed by atoms with Gasteiger partial charge < -0.3 is 5.32 Å². The van der Waals surface area contributed by atoms with Gasteiger partial charge in [0.25, 0.3) is 5.69 Å². The Morgan fingerprint density at radius 1 is 1.45 bits per heavy atom. The molecule has 0 radical (unpaired) electrons. The Labute approximate surface area is 117 Å². The van der Waals surface area contributed by atoms with Crippen molar-refractivity contribution in [3.05, 3.63) is 33.9 Å². The van der Waals surface area contributed by atoms with E-state index in [1.165, 1.54) is 36.5 Å². The van der Waals surface area contributed by atoms with E-state index in [9.17, 15) is 18.5 Å². The van der Waals surface area contributed by atoms with Crippen LogP contribution in [0.2, 0.25) is 0 Å². The SMILES string of the molecule is Cc1c([N+](=O)[O-])cccc1S(=O)(=O)N(C)C1CCNC1. The topological polar surface area (TPSA) is 92.5 Å². The van der Waals surface area contributed by atoms with Gasteiger partial charge in [0.05, 0.1) is 9.82 Å². The largest absolute Gasteiger partial charge is 0.315 e. The minimum Gasteiger partial charge on any atom is -0.315 e. The average molecular weight is 299 g/mol. The van der Waals surface area contributed by atoms with E-state index in [1.54, 1.807) is 0 Å². The van der Waals surface area contributed by atoms with Crippen molar-refractivity contribution in [3.8, 4) is 0 Å². The van der Waals surface area contributed by atoms with E-state index in [-0.39, 0.29) is 22.2 Å². The number of rotatable bonds is 4. The molecule has 1 unspecified atom stereocenters. The Bertz CT molecular complexity index is 624. The molecule has 8 heteroatoms. The molecule has 0 aliphatic carbocycles. The number of hydrogen-bond donors (Lipinski definition) is 1. The van der Waals surface area contributed by atoms with Gasteiger partial charge in [0.1, 0.15) is 0 Å². The number of sulfonamides is 1. The van der Waals surface area contributed by atoms with Crippen molar-refractivity contribution in [3.63, 3.8) is 0 Å². The maximum atomic E-state index is 12.6. The van der Waals surface area contributed by atoms with Gasteiger partial charge in [0, 0.05) is 31.3 Å². The van der Waals surface area contributed by atoms with E-state index < -0.39 is 14.9 Å². The second kappa shape index (κ2) is 5.47. The van der Waals surface area contributed by atoms with Crippen molar-refractivity contribution in [1.82, 2.24) is 9.62 Å². The zero-order chi connectivity index (χ0) is 14.9. The van der Waals surface area contributed by atoms with Gasteiger partial charge in [0.2, 0.25) is 10.0 Å². The fourth-order valence-electron chi connectivity index (χ4n) is 2.38. The monoisotopic (exact) mass is 299 g/mol. The molecule has 0 amide bonds. The van der Waals surface area contributed by atoms with E-state index in [2.05, 4.69) is 5.32 Å². The molecule has 1 atom stereocenters. The second-order valence-electron chi connectivity index (χ2n) is 4.83. The van der Waals surface area contributed by atoms with Crippen molar-refractivity contribution in [2.75, 3.05) is 20.1 Å². The summed E-state index contributed by atoms with van der Waals surface area (Å²) in [4.78, 5) is 10.4. The second-order valence-corrected chi connectivity index (χ2v) is 6.79. The molecule has 1 aliphatic rings. The molecular formula is C12H17N3O4S. The van der Waals surface area contributed by atoms with Crippen LogP contribution in [0.4, 0.5) is 5.69 Å². The normalized spacial score (nSPS) is 19.4. The van der Waals surface area contributed by atoms with Crippen LogP contribution in [0.25, 0.3) is 0 Å². The highest BCUT2D eigenvalue weighted by Gasteiger charge is 2.32. The van der Waals surface area contributed by atoms with Crippen molar-refractivity contribution in [2.24, 2.45) is 0 Å². The summed E-state index contributed by atoms with van der Waals surface area (Å²) in [6.07, 6.45) is 0.740. The predicted octanol–water partition coefficient (Wildman–Crippen LogP) is 0.886. The molecule has 1 fully saturated rings. The molecule has 0 spiro atoms.